The number of nitrogens with zero attached hydrogens (tertiary/aromatic N) is 1. The Morgan fingerprint density at radius 1 is 1.09 bits per heavy atom. The molecule has 3 amide bonds. The van der Waals surface area contributed by atoms with Crippen LogP contribution < -0.4 is 30.6 Å². The third-order valence-electron chi connectivity index (χ3n) is 6.07. The Morgan fingerprint density at radius 2 is 1.76 bits per heavy atom. The molecule has 1 unspecified atom stereocenters. The number of nitrogens with one attached hydrogen (secondary N) is 2. The number of amides is 3. The zero-order valence-corrected chi connectivity index (χ0v) is 19.9. The van der Waals surface area contributed by atoms with E-state index in [1.165, 1.54) is 21.3 Å². The van der Waals surface area contributed by atoms with Crippen LogP contribution in [-0.2, 0) is 14.3 Å². The molecule has 11 heteroatoms. The number of hydrogen-bond acceptors (Lipinski definition) is 8. The maximum absolute atomic E-state index is 13.1. The van der Waals surface area contributed by atoms with Gasteiger partial charge in [-0.25, -0.2) is 9.59 Å². The minimum Gasteiger partial charge on any atom is -0.493 e. The number of urea groups is 1. The molecule has 2 heterocycles. The van der Waals surface area contributed by atoms with Crippen LogP contribution in [0.4, 0.5) is 4.79 Å². The van der Waals surface area contributed by atoms with Gasteiger partial charge in [-0.2, -0.15) is 0 Å². The van der Waals surface area contributed by atoms with Gasteiger partial charge in [0.25, 0.3) is 0 Å². The predicted octanol–water partition coefficient (Wildman–Crippen LogP) is 1.08. The summed E-state index contributed by atoms with van der Waals surface area (Å²) >= 11 is 0. The summed E-state index contributed by atoms with van der Waals surface area (Å²) in [6.45, 7) is 3.41. The van der Waals surface area contributed by atoms with Gasteiger partial charge in [0.05, 0.1) is 39.6 Å². The summed E-state index contributed by atoms with van der Waals surface area (Å²) in [5.41, 5.74) is 6.66. The van der Waals surface area contributed by atoms with Crippen molar-refractivity contribution < 1.29 is 33.3 Å². The molecule has 0 saturated carbocycles. The van der Waals surface area contributed by atoms with E-state index in [4.69, 9.17) is 24.7 Å². The number of hydrogen-bond donors (Lipinski definition) is 3. The Bertz CT molecular complexity index is 970. The second-order valence-electron chi connectivity index (χ2n) is 8.02. The van der Waals surface area contributed by atoms with Gasteiger partial charge in [-0.1, -0.05) is 0 Å². The van der Waals surface area contributed by atoms with Gasteiger partial charge in [0.1, 0.15) is 0 Å². The smallest absolute Gasteiger partial charge is 0.338 e. The molecule has 1 aromatic carbocycles. The van der Waals surface area contributed by atoms with Crippen LogP contribution >= 0.6 is 0 Å². The van der Waals surface area contributed by atoms with Crippen molar-refractivity contribution in [3.8, 4) is 17.2 Å². The predicted molar refractivity (Wildman–Crippen MR) is 123 cm³/mol. The van der Waals surface area contributed by atoms with Crippen LogP contribution in [-0.4, -0.2) is 70.4 Å². The molecule has 2 aliphatic heterocycles. The number of benzene rings is 1. The van der Waals surface area contributed by atoms with Gasteiger partial charge in [-0.05, 0) is 45.0 Å². The summed E-state index contributed by atoms with van der Waals surface area (Å²) in [7, 11) is 4.46. The van der Waals surface area contributed by atoms with Crippen molar-refractivity contribution in [1.29, 1.82) is 0 Å². The number of ether oxygens (including phenoxy) is 4. The molecule has 1 aromatic rings. The normalized spacial score (nSPS) is 19.2. The maximum atomic E-state index is 13.1. The van der Waals surface area contributed by atoms with Gasteiger partial charge in [-0.3, -0.25) is 9.69 Å². The molecule has 2 aliphatic rings. The Kier molecular flexibility index (Phi) is 8.21. The highest BCUT2D eigenvalue weighted by Crippen LogP contribution is 2.44. The van der Waals surface area contributed by atoms with Gasteiger partial charge in [0.15, 0.2) is 11.5 Å². The fourth-order valence-corrected chi connectivity index (χ4v) is 4.38. The summed E-state index contributed by atoms with van der Waals surface area (Å²) in [6.07, 6.45) is 1.24. The average Bonchev–Trinajstić information content (AvgIpc) is 2.82. The zero-order chi connectivity index (χ0) is 24.8. The summed E-state index contributed by atoms with van der Waals surface area (Å²) in [5, 5.41) is 5.58. The van der Waals surface area contributed by atoms with Crippen LogP contribution in [0.15, 0.2) is 23.4 Å². The van der Waals surface area contributed by atoms with Gasteiger partial charge in [-0.15, -0.1) is 0 Å². The van der Waals surface area contributed by atoms with E-state index in [-0.39, 0.29) is 24.0 Å². The fourth-order valence-electron chi connectivity index (χ4n) is 4.38. The number of esters is 1. The SMILES string of the molecule is CCOC(=O)C1=C(CN2CCC(C(N)=O)CC2)NC(=O)NC1c1ccc(OC)c(OC)c1OC. The molecule has 1 saturated heterocycles. The van der Waals surface area contributed by atoms with Crippen LogP contribution in [0, 0.1) is 5.92 Å². The number of piperidine rings is 1. The highest BCUT2D eigenvalue weighted by Gasteiger charge is 2.37. The lowest BCUT2D eigenvalue weighted by atomic mass is 9.92. The van der Waals surface area contributed by atoms with Gasteiger partial charge in [0, 0.05) is 23.7 Å². The molecule has 0 spiro atoms. The van der Waals surface area contributed by atoms with E-state index in [1.807, 2.05) is 0 Å². The van der Waals surface area contributed by atoms with Gasteiger partial charge >= 0.3 is 12.0 Å². The zero-order valence-electron chi connectivity index (χ0n) is 19.9. The third-order valence-corrected chi connectivity index (χ3v) is 6.07. The van der Waals surface area contributed by atoms with E-state index in [9.17, 15) is 14.4 Å². The summed E-state index contributed by atoms with van der Waals surface area (Å²) in [4.78, 5) is 39.3. The van der Waals surface area contributed by atoms with Crippen molar-refractivity contribution >= 4 is 17.9 Å². The number of primary amides is 1. The minimum atomic E-state index is -0.847. The number of methoxy groups -OCH3 is 3. The standard InChI is InChI=1S/C23H32N4O7/c1-5-34-22(29)17-15(12-27-10-8-13(9-11-27)21(24)28)25-23(30)26-18(17)14-6-7-16(31-2)20(33-4)19(14)32-3/h6-7,13,18H,5,8-12H2,1-4H3,(H2,24,28)(H2,25,26,30). The monoisotopic (exact) mass is 476 g/mol. The average molecular weight is 477 g/mol. The third kappa shape index (κ3) is 5.19. The van der Waals surface area contributed by atoms with Crippen LogP contribution in [0.5, 0.6) is 17.2 Å². The van der Waals surface area contributed by atoms with Crippen LogP contribution in [0.3, 0.4) is 0 Å². The Labute approximate surface area is 198 Å². The molecule has 0 bridgehead atoms. The number of nitrogens with two attached hydrogens (primary N) is 1. The molecular formula is C23H32N4O7. The van der Waals surface area contributed by atoms with Crippen molar-refractivity contribution in [2.75, 3.05) is 47.6 Å². The first-order valence-corrected chi connectivity index (χ1v) is 11.1. The van der Waals surface area contributed by atoms with Crippen LogP contribution in [0.1, 0.15) is 31.4 Å². The number of rotatable bonds is 9. The summed E-state index contributed by atoms with van der Waals surface area (Å²) in [5.74, 6) is 0.0930. The molecule has 1 atom stereocenters. The molecule has 0 radical (unpaired) electrons. The van der Waals surface area contributed by atoms with E-state index in [2.05, 4.69) is 15.5 Å². The summed E-state index contributed by atoms with van der Waals surface area (Å²) < 4.78 is 21.8. The molecule has 1 fully saturated rings. The quantitative estimate of drug-likeness (QED) is 0.450. The maximum Gasteiger partial charge on any atom is 0.338 e. The first-order valence-electron chi connectivity index (χ1n) is 11.1. The Hall–Kier alpha value is -3.47. The van der Waals surface area contributed by atoms with Crippen LogP contribution in [0.25, 0.3) is 0 Å². The molecule has 0 aromatic heterocycles. The minimum absolute atomic E-state index is 0.166. The first kappa shape index (κ1) is 25.2. The lowest BCUT2D eigenvalue weighted by molar-refractivity contribution is -0.139. The second-order valence-corrected chi connectivity index (χ2v) is 8.02. The highest BCUT2D eigenvalue weighted by atomic mass is 16.5. The lowest BCUT2D eigenvalue weighted by Gasteiger charge is -2.35. The van der Waals surface area contributed by atoms with E-state index in [1.54, 1.807) is 19.1 Å². The van der Waals surface area contributed by atoms with E-state index in [0.29, 0.717) is 61.0 Å². The molecule has 34 heavy (non-hydrogen) atoms. The van der Waals surface area contributed by atoms with Crippen molar-refractivity contribution in [3.63, 3.8) is 0 Å². The lowest BCUT2D eigenvalue weighted by Crippen LogP contribution is -2.49. The molecular weight excluding hydrogens is 444 g/mol. The summed E-state index contributed by atoms with van der Waals surface area (Å²) in [6, 6.07) is 2.09. The Balaban J connectivity index is 2.03. The van der Waals surface area contributed by atoms with Gasteiger partial charge < -0.3 is 35.3 Å². The molecule has 0 aliphatic carbocycles. The number of carbonyl (C=O) groups is 3. The Morgan fingerprint density at radius 3 is 2.32 bits per heavy atom. The first-order chi connectivity index (χ1) is 16.3. The molecule has 3 rings (SSSR count). The van der Waals surface area contributed by atoms with Crippen molar-refractivity contribution in [1.82, 2.24) is 15.5 Å². The topological polar surface area (TPSA) is 141 Å². The van der Waals surface area contributed by atoms with E-state index < -0.39 is 18.0 Å². The van der Waals surface area contributed by atoms with Crippen molar-refractivity contribution in [2.45, 2.75) is 25.8 Å². The highest BCUT2D eigenvalue weighted by molar-refractivity contribution is 5.95. The number of likely N-dealkylation sites (tertiary alicyclic amines) is 1. The van der Waals surface area contributed by atoms with E-state index >= 15 is 0 Å². The largest absolute Gasteiger partial charge is 0.493 e. The molecule has 186 valence electrons. The fraction of sp³-hybridized carbons (Fsp3) is 0.522. The number of carbonyl (C=O) groups excluding carboxylic acids is 3. The molecule has 11 nitrogen and oxygen atoms in total. The second kappa shape index (κ2) is 11.1. The van der Waals surface area contributed by atoms with Crippen molar-refractivity contribution in [2.24, 2.45) is 11.7 Å². The molecule has 4 N–H and O–H groups in total. The van der Waals surface area contributed by atoms with Crippen molar-refractivity contribution in [3.05, 3.63) is 29.0 Å². The van der Waals surface area contributed by atoms with E-state index in [0.717, 1.165) is 0 Å². The van der Waals surface area contributed by atoms with Gasteiger partial charge in [0.2, 0.25) is 11.7 Å². The van der Waals surface area contributed by atoms with Crippen LogP contribution in [0.2, 0.25) is 0 Å².